The van der Waals surface area contributed by atoms with Crippen LogP contribution in [0, 0.1) is 0 Å². The number of thiophene rings is 1. The first-order chi connectivity index (χ1) is 6.40. The first kappa shape index (κ1) is 12.6. The molecule has 0 fully saturated rings. The molecule has 0 aliphatic rings. The molecule has 1 aromatic rings. The molecule has 0 amide bonds. The fraction of sp³-hybridized carbons (Fsp3) is 0.600. The number of hydrogen-bond donors (Lipinski definition) is 1. The molecule has 1 nitrogen and oxygen atoms in total. The van der Waals surface area contributed by atoms with Crippen molar-refractivity contribution in [2.75, 3.05) is 5.75 Å². The third-order valence-corrected chi connectivity index (χ3v) is 5.07. The molecule has 0 saturated heterocycles. The lowest BCUT2D eigenvalue weighted by Crippen LogP contribution is -2.17. The van der Waals surface area contributed by atoms with Crippen molar-refractivity contribution in [3.8, 4) is 0 Å². The lowest BCUT2D eigenvalue weighted by molar-refractivity contribution is 0.783. The highest BCUT2D eigenvalue weighted by Gasteiger charge is 2.16. The maximum Gasteiger partial charge on any atom is 0.0493 e. The van der Waals surface area contributed by atoms with Gasteiger partial charge in [-0.2, -0.15) is 11.8 Å². The van der Waals surface area contributed by atoms with Gasteiger partial charge in [-0.3, -0.25) is 0 Å². The molecule has 0 radical (unpaired) electrons. The van der Waals surface area contributed by atoms with Gasteiger partial charge in [-0.15, -0.1) is 11.3 Å². The molecule has 1 heterocycles. The van der Waals surface area contributed by atoms with Crippen LogP contribution >= 0.6 is 39.0 Å². The lowest BCUT2D eigenvalue weighted by atomic mass is 10.3. The fourth-order valence-corrected chi connectivity index (χ4v) is 3.61. The van der Waals surface area contributed by atoms with Crippen LogP contribution in [0.4, 0.5) is 0 Å². The van der Waals surface area contributed by atoms with Crippen molar-refractivity contribution >= 4 is 39.0 Å². The van der Waals surface area contributed by atoms with Crippen LogP contribution in [0.3, 0.4) is 0 Å². The van der Waals surface area contributed by atoms with E-state index >= 15 is 0 Å². The molecule has 1 aromatic heterocycles. The minimum absolute atomic E-state index is 0.147. The highest BCUT2D eigenvalue weighted by atomic mass is 79.9. The Bertz CT molecular complexity index is 291. The van der Waals surface area contributed by atoms with Crippen LogP contribution in [0.5, 0.6) is 0 Å². The molecule has 1 atom stereocenters. The Labute approximate surface area is 103 Å². The number of thioether (sulfide) groups is 1. The van der Waals surface area contributed by atoms with E-state index in [9.17, 15) is 0 Å². The monoisotopic (exact) mass is 293 g/mol. The molecule has 0 spiro atoms. The van der Waals surface area contributed by atoms with Crippen LogP contribution in [0.1, 0.15) is 31.7 Å². The molecular weight excluding hydrogens is 278 g/mol. The molecule has 0 aliphatic carbocycles. The molecule has 0 aromatic carbocycles. The second-order valence-corrected chi connectivity index (χ2v) is 7.81. The van der Waals surface area contributed by atoms with E-state index in [1.165, 1.54) is 4.88 Å². The smallest absolute Gasteiger partial charge is 0.0493 e. The molecule has 0 bridgehead atoms. The van der Waals surface area contributed by atoms with Gasteiger partial charge in [0.2, 0.25) is 0 Å². The molecular formula is C10H16BrNS2. The number of halogens is 1. The number of nitrogens with two attached hydrogens (primary N) is 1. The van der Waals surface area contributed by atoms with Crippen LogP contribution in [-0.2, 0) is 0 Å². The largest absolute Gasteiger partial charge is 0.323 e. The summed E-state index contributed by atoms with van der Waals surface area (Å²) in [6.45, 7) is 6.65. The Kier molecular flexibility index (Phi) is 4.50. The Morgan fingerprint density at radius 2 is 2.21 bits per heavy atom. The number of rotatable bonds is 3. The van der Waals surface area contributed by atoms with E-state index in [1.54, 1.807) is 11.3 Å². The molecule has 14 heavy (non-hydrogen) atoms. The summed E-state index contributed by atoms with van der Waals surface area (Å²) in [7, 11) is 0. The molecule has 0 saturated carbocycles. The van der Waals surface area contributed by atoms with E-state index in [2.05, 4.69) is 48.1 Å². The zero-order valence-electron chi connectivity index (χ0n) is 8.71. The third kappa shape index (κ3) is 3.93. The van der Waals surface area contributed by atoms with E-state index < -0.39 is 0 Å². The van der Waals surface area contributed by atoms with Gasteiger partial charge >= 0.3 is 0 Å². The molecule has 4 heteroatoms. The second kappa shape index (κ2) is 5.01. The van der Waals surface area contributed by atoms with Crippen LogP contribution in [0.25, 0.3) is 0 Å². The van der Waals surface area contributed by atoms with Crippen LogP contribution in [0.15, 0.2) is 15.9 Å². The first-order valence-corrected chi connectivity index (χ1v) is 7.18. The van der Waals surface area contributed by atoms with Crippen molar-refractivity contribution in [3.63, 3.8) is 0 Å². The Hall–Kier alpha value is 0.490. The summed E-state index contributed by atoms with van der Waals surface area (Å²) in [5, 5.41) is 2.07. The molecule has 2 N–H and O–H groups in total. The maximum absolute atomic E-state index is 6.11. The zero-order chi connectivity index (χ0) is 10.8. The van der Waals surface area contributed by atoms with Gasteiger partial charge in [-0.1, -0.05) is 20.8 Å². The first-order valence-electron chi connectivity index (χ1n) is 4.52. The Morgan fingerprint density at radius 1 is 1.57 bits per heavy atom. The van der Waals surface area contributed by atoms with Crippen molar-refractivity contribution in [2.45, 2.75) is 31.6 Å². The van der Waals surface area contributed by atoms with Crippen LogP contribution < -0.4 is 5.73 Å². The molecule has 0 aliphatic heterocycles. The zero-order valence-corrected chi connectivity index (χ0v) is 11.9. The van der Waals surface area contributed by atoms with Gasteiger partial charge in [0.1, 0.15) is 0 Å². The summed E-state index contributed by atoms with van der Waals surface area (Å²) in [5.41, 5.74) is 6.11. The standard InChI is InChI=1S/C10H16BrNS2/c1-10(2,3)14-6-8(12)9-7(11)4-5-13-9/h4-5,8H,6,12H2,1-3H3. The van der Waals surface area contributed by atoms with E-state index in [-0.39, 0.29) is 6.04 Å². The van der Waals surface area contributed by atoms with Crippen molar-refractivity contribution in [2.24, 2.45) is 5.73 Å². The van der Waals surface area contributed by atoms with E-state index in [0.717, 1.165) is 10.2 Å². The second-order valence-electron chi connectivity index (χ2n) is 4.16. The average molecular weight is 294 g/mol. The van der Waals surface area contributed by atoms with Gasteiger partial charge in [0.25, 0.3) is 0 Å². The summed E-state index contributed by atoms with van der Waals surface area (Å²) in [4.78, 5) is 1.25. The highest BCUT2D eigenvalue weighted by molar-refractivity contribution is 9.10. The van der Waals surface area contributed by atoms with Crippen LogP contribution in [-0.4, -0.2) is 10.5 Å². The minimum atomic E-state index is 0.147. The topological polar surface area (TPSA) is 26.0 Å². The predicted molar refractivity (Wildman–Crippen MR) is 71.2 cm³/mol. The lowest BCUT2D eigenvalue weighted by Gasteiger charge is -2.20. The summed E-state index contributed by atoms with van der Waals surface area (Å²) < 4.78 is 1.44. The van der Waals surface area contributed by atoms with Crippen molar-refractivity contribution in [1.82, 2.24) is 0 Å². The van der Waals surface area contributed by atoms with Gasteiger partial charge in [0.05, 0.1) is 0 Å². The van der Waals surface area contributed by atoms with Gasteiger partial charge in [-0.05, 0) is 27.4 Å². The molecule has 1 unspecified atom stereocenters. The van der Waals surface area contributed by atoms with E-state index in [0.29, 0.717) is 4.75 Å². The summed E-state index contributed by atoms with van der Waals surface area (Å²) in [6.07, 6.45) is 0. The molecule has 80 valence electrons. The average Bonchev–Trinajstić information content (AvgIpc) is 2.46. The van der Waals surface area contributed by atoms with E-state index in [1.807, 2.05) is 11.8 Å². The summed E-state index contributed by atoms with van der Waals surface area (Å²) >= 11 is 7.14. The summed E-state index contributed by atoms with van der Waals surface area (Å²) in [6, 6.07) is 2.20. The third-order valence-electron chi connectivity index (χ3n) is 1.68. The SMILES string of the molecule is CC(C)(C)SCC(N)c1sccc1Br. The quantitative estimate of drug-likeness (QED) is 0.910. The molecule has 1 rings (SSSR count). The predicted octanol–water partition coefficient (Wildman–Crippen LogP) is 4.04. The highest BCUT2D eigenvalue weighted by Crippen LogP contribution is 2.32. The van der Waals surface area contributed by atoms with Gasteiger partial charge in [-0.25, -0.2) is 0 Å². The van der Waals surface area contributed by atoms with Gasteiger partial charge in [0, 0.05) is 25.9 Å². The Balaban J connectivity index is 2.51. The van der Waals surface area contributed by atoms with Gasteiger partial charge < -0.3 is 5.73 Å². The number of hydrogen-bond acceptors (Lipinski definition) is 3. The maximum atomic E-state index is 6.11. The van der Waals surface area contributed by atoms with Crippen LogP contribution in [0.2, 0.25) is 0 Å². The van der Waals surface area contributed by atoms with Crippen molar-refractivity contribution in [1.29, 1.82) is 0 Å². The Morgan fingerprint density at radius 3 is 2.64 bits per heavy atom. The minimum Gasteiger partial charge on any atom is -0.323 e. The van der Waals surface area contributed by atoms with Gasteiger partial charge in [0.15, 0.2) is 0 Å². The summed E-state index contributed by atoms with van der Waals surface area (Å²) in [5.74, 6) is 0.975. The normalized spacial score (nSPS) is 14.4. The van der Waals surface area contributed by atoms with Crippen molar-refractivity contribution in [3.05, 3.63) is 20.8 Å². The van der Waals surface area contributed by atoms with E-state index in [4.69, 9.17) is 5.73 Å². The fourth-order valence-electron chi connectivity index (χ4n) is 0.985. The van der Waals surface area contributed by atoms with Crippen molar-refractivity contribution < 1.29 is 0 Å².